The lowest BCUT2D eigenvalue weighted by Crippen LogP contribution is -2.18. The summed E-state index contributed by atoms with van der Waals surface area (Å²) in [5.41, 5.74) is 0.229. The predicted octanol–water partition coefficient (Wildman–Crippen LogP) is 4.90. The van der Waals surface area contributed by atoms with E-state index in [-0.39, 0.29) is 30.2 Å². The summed E-state index contributed by atoms with van der Waals surface area (Å²) in [5, 5.41) is 0. The second-order valence-corrected chi connectivity index (χ2v) is 7.69. The van der Waals surface area contributed by atoms with Crippen molar-refractivity contribution >= 4 is 11.9 Å². The van der Waals surface area contributed by atoms with Gasteiger partial charge in [-0.15, -0.1) is 0 Å². The van der Waals surface area contributed by atoms with Crippen LogP contribution in [-0.4, -0.2) is 25.2 Å². The zero-order chi connectivity index (χ0) is 17.7. The fourth-order valence-electron chi connectivity index (χ4n) is 2.58. The first-order valence-corrected chi connectivity index (χ1v) is 9.06. The van der Waals surface area contributed by atoms with Crippen LogP contribution in [0, 0.1) is 11.3 Å². The lowest BCUT2D eigenvalue weighted by atomic mass is 9.86. The Bertz CT molecular complexity index is 331. The molecule has 0 saturated heterocycles. The Kier molecular flexibility index (Phi) is 11.8. The number of esters is 2. The molecule has 0 amide bonds. The van der Waals surface area contributed by atoms with Crippen LogP contribution >= 0.6 is 0 Å². The summed E-state index contributed by atoms with van der Waals surface area (Å²) in [6.07, 6.45) is 6.84. The van der Waals surface area contributed by atoms with E-state index in [0.29, 0.717) is 19.1 Å². The van der Waals surface area contributed by atoms with Crippen LogP contribution in [0.4, 0.5) is 0 Å². The molecule has 0 bridgehead atoms. The molecule has 4 nitrogen and oxygen atoms in total. The SMILES string of the molecule is CCCCCCCOC(=O)CCC(=O)OCC(C)CC(C)(C)C. The maximum absolute atomic E-state index is 11.6. The van der Waals surface area contributed by atoms with Gasteiger partial charge in [0.1, 0.15) is 0 Å². The molecule has 0 aromatic heterocycles. The third-order valence-electron chi connectivity index (χ3n) is 3.53. The van der Waals surface area contributed by atoms with E-state index in [1.807, 2.05) is 0 Å². The van der Waals surface area contributed by atoms with E-state index in [9.17, 15) is 9.59 Å². The van der Waals surface area contributed by atoms with E-state index in [1.165, 1.54) is 19.3 Å². The van der Waals surface area contributed by atoms with E-state index in [4.69, 9.17) is 9.47 Å². The number of unbranched alkanes of at least 4 members (excludes halogenated alkanes) is 4. The van der Waals surface area contributed by atoms with Crippen LogP contribution in [0.3, 0.4) is 0 Å². The first-order valence-electron chi connectivity index (χ1n) is 9.06. The van der Waals surface area contributed by atoms with E-state index in [1.54, 1.807) is 0 Å². The molecule has 136 valence electrons. The molecule has 0 heterocycles. The van der Waals surface area contributed by atoms with Gasteiger partial charge in [-0.25, -0.2) is 0 Å². The highest BCUT2D eigenvalue weighted by molar-refractivity contribution is 5.77. The third-order valence-corrected chi connectivity index (χ3v) is 3.53. The van der Waals surface area contributed by atoms with Gasteiger partial charge in [0.25, 0.3) is 0 Å². The van der Waals surface area contributed by atoms with Crippen molar-refractivity contribution < 1.29 is 19.1 Å². The summed E-state index contributed by atoms with van der Waals surface area (Å²) >= 11 is 0. The van der Waals surface area contributed by atoms with Crippen molar-refractivity contribution in [1.29, 1.82) is 0 Å². The Labute approximate surface area is 142 Å². The minimum Gasteiger partial charge on any atom is -0.466 e. The minimum absolute atomic E-state index is 0.108. The quantitative estimate of drug-likeness (QED) is 0.378. The number of ether oxygens (including phenoxy) is 2. The van der Waals surface area contributed by atoms with Gasteiger partial charge in [0.05, 0.1) is 26.1 Å². The van der Waals surface area contributed by atoms with Gasteiger partial charge in [0, 0.05) is 0 Å². The maximum Gasteiger partial charge on any atom is 0.306 e. The Morgan fingerprint density at radius 3 is 2.04 bits per heavy atom. The summed E-state index contributed by atoms with van der Waals surface area (Å²) in [4.78, 5) is 23.2. The molecule has 0 aliphatic rings. The van der Waals surface area contributed by atoms with Gasteiger partial charge in [-0.3, -0.25) is 9.59 Å². The van der Waals surface area contributed by atoms with Crippen LogP contribution in [0.25, 0.3) is 0 Å². The summed E-state index contributed by atoms with van der Waals surface area (Å²) in [6, 6.07) is 0. The highest BCUT2D eigenvalue weighted by Gasteiger charge is 2.17. The van der Waals surface area contributed by atoms with E-state index < -0.39 is 0 Å². The fourth-order valence-corrected chi connectivity index (χ4v) is 2.58. The molecule has 23 heavy (non-hydrogen) atoms. The van der Waals surface area contributed by atoms with Gasteiger partial charge in [-0.1, -0.05) is 60.3 Å². The predicted molar refractivity (Wildman–Crippen MR) is 93.1 cm³/mol. The highest BCUT2D eigenvalue weighted by Crippen LogP contribution is 2.24. The van der Waals surface area contributed by atoms with E-state index >= 15 is 0 Å². The van der Waals surface area contributed by atoms with Gasteiger partial charge in [0.15, 0.2) is 0 Å². The van der Waals surface area contributed by atoms with Crippen LogP contribution in [0.1, 0.15) is 86.0 Å². The molecular weight excluding hydrogens is 292 g/mol. The Morgan fingerprint density at radius 2 is 1.48 bits per heavy atom. The van der Waals surface area contributed by atoms with Gasteiger partial charge in [-0.2, -0.15) is 0 Å². The standard InChI is InChI=1S/C19H36O4/c1-6-7-8-9-10-13-22-17(20)11-12-18(21)23-15-16(2)14-19(3,4)5/h16H,6-15H2,1-5H3. The Hall–Kier alpha value is -1.06. The topological polar surface area (TPSA) is 52.6 Å². The zero-order valence-electron chi connectivity index (χ0n) is 15.8. The van der Waals surface area contributed by atoms with Crippen molar-refractivity contribution in [2.45, 2.75) is 86.0 Å². The first-order chi connectivity index (χ1) is 10.7. The molecule has 0 aromatic carbocycles. The molecular formula is C19H36O4. The normalized spacial score (nSPS) is 12.7. The molecule has 0 saturated carbocycles. The average Bonchev–Trinajstić information content (AvgIpc) is 2.44. The van der Waals surface area contributed by atoms with Crippen molar-refractivity contribution in [3.05, 3.63) is 0 Å². The molecule has 0 N–H and O–H groups in total. The van der Waals surface area contributed by atoms with Crippen molar-refractivity contribution in [1.82, 2.24) is 0 Å². The lowest BCUT2D eigenvalue weighted by Gasteiger charge is -2.22. The van der Waals surface area contributed by atoms with E-state index in [2.05, 4.69) is 34.6 Å². The Balaban J connectivity index is 3.62. The summed E-state index contributed by atoms with van der Waals surface area (Å²) in [6.45, 7) is 11.6. The highest BCUT2D eigenvalue weighted by atomic mass is 16.5. The van der Waals surface area contributed by atoms with Crippen molar-refractivity contribution in [2.75, 3.05) is 13.2 Å². The molecule has 0 aliphatic carbocycles. The molecule has 1 atom stereocenters. The van der Waals surface area contributed by atoms with Crippen molar-refractivity contribution in [2.24, 2.45) is 11.3 Å². The van der Waals surface area contributed by atoms with Crippen LogP contribution < -0.4 is 0 Å². The number of carbonyl (C=O) groups is 2. The smallest absolute Gasteiger partial charge is 0.306 e. The number of rotatable bonds is 12. The Morgan fingerprint density at radius 1 is 0.913 bits per heavy atom. The van der Waals surface area contributed by atoms with Gasteiger partial charge in [0.2, 0.25) is 0 Å². The number of carbonyl (C=O) groups excluding carboxylic acids is 2. The number of hydrogen-bond donors (Lipinski definition) is 0. The largest absolute Gasteiger partial charge is 0.466 e. The fraction of sp³-hybridized carbons (Fsp3) is 0.895. The van der Waals surface area contributed by atoms with Crippen LogP contribution in [0.15, 0.2) is 0 Å². The van der Waals surface area contributed by atoms with Crippen LogP contribution in [0.2, 0.25) is 0 Å². The van der Waals surface area contributed by atoms with E-state index in [0.717, 1.165) is 19.3 Å². The van der Waals surface area contributed by atoms with Crippen molar-refractivity contribution in [3.8, 4) is 0 Å². The molecule has 1 unspecified atom stereocenters. The lowest BCUT2D eigenvalue weighted by molar-refractivity contribution is -0.151. The maximum atomic E-state index is 11.6. The summed E-state index contributed by atoms with van der Waals surface area (Å²) < 4.78 is 10.3. The van der Waals surface area contributed by atoms with Crippen LogP contribution in [0.5, 0.6) is 0 Å². The second-order valence-electron chi connectivity index (χ2n) is 7.69. The van der Waals surface area contributed by atoms with Gasteiger partial charge >= 0.3 is 11.9 Å². The molecule has 0 rings (SSSR count). The van der Waals surface area contributed by atoms with Gasteiger partial charge < -0.3 is 9.47 Å². The molecule has 0 aromatic rings. The molecule has 0 fully saturated rings. The average molecular weight is 328 g/mol. The van der Waals surface area contributed by atoms with Gasteiger partial charge in [-0.05, 0) is 24.2 Å². The first kappa shape index (κ1) is 21.9. The molecule has 4 heteroatoms. The zero-order valence-corrected chi connectivity index (χ0v) is 15.8. The molecule has 0 aliphatic heterocycles. The molecule has 0 radical (unpaired) electrons. The third kappa shape index (κ3) is 15.6. The second kappa shape index (κ2) is 12.4. The van der Waals surface area contributed by atoms with Crippen LogP contribution in [-0.2, 0) is 19.1 Å². The summed E-state index contributed by atoms with van der Waals surface area (Å²) in [7, 11) is 0. The minimum atomic E-state index is -0.314. The monoisotopic (exact) mass is 328 g/mol. The summed E-state index contributed by atoms with van der Waals surface area (Å²) in [5.74, 6) is -0.292. The number of hydrogen-bond acceptors (Lipinski definition) is 4. The molecule has 0 spiro atoms. The van der Waals surface area contributed by atoms with Crippen molar-refractivity contribution in [3.63, 3.8) is 0 Å².